The maximum absolute atomic E-state index is 11.5. The van der Waals surface area contributed by atoms with E-state index in [9.17, 15) is 18.4 Å². The number of oxazole rings is 1. The van der Waals surface area contributed by atoms with Gasteiger partial charge in [-0.25, -0.2) is 28.4 Å². The molecule has 2 amide bonds. The first kappa shape index (κ1) is 20.8. The minimum atomic E-state index is -3.83. The summed E-state index contributed by atoms with van der Waals surface area (Å²) in [6, 6.07) is 11.7. The highest BCUT2D eigenvalue weighted by Gasteiger charge is 2.19. The minimum absolute atomic E-state index is 0.0357. The number of urea groups is 1. The summed E-state index contributed by atoms with van der Waals surface area (Å²) in [6.07, 6.45) is 0.106. The molecule has 0 aliphatic heterocycles. The number of hydrogen-bond acceptors (Lipinski definition) is 6. The standard InChI is InChI=1S/C18H17ClN4O5S/c19-13-5-1-11(2-6-13)16-17(12-3-7-14(8-4-12)29(21,26)27)28-15(22-16)9-10-23(25)18(20)24/h1-8,25H,9-10H2,(H2,20,24)(H2,21,26,27). The summed E-state index contributed by atoms with van der Waals surface area (Å²) in [7, 11) is -3.83. The smallest absolute Gasteiger partial charge is 0.338 e. The average Bonchev–Trinajstić information content (AvgIpc) is 3.10. The number of benzene rings is 2. The number of rotatable bonds is 6. The van der Waals surface area contributed by atoms with Crippen LogP contribution in [-0.4, -0.2) is 36.2 Å². The lowest BCUT2D eigenvalue weighted by Crippen LogP contribution is -2.34. The highest BCUT2D eigenvalue weighted by atomic mass is 35.5. The number of amides is 2. The van der Waals surface area contributed by atoms with Crippen molar-refractivity contribution in [2.75, 3.05) is 6.54 Å². The quantitative estimate of drug-likeness (QED) is 0.398. The number of carbonyl (C=O) groups is 1. The second-order valence-corrected chi connectivity index (χ2v) is 8.07. The monoisotopic (exact) mass is 436 g/mol. The molecule has 11 heteroatoms. The van der Waals surface area contributed by atoms with Gasteiger partial charge < -0.3 is 10.2 Å². The number of primary sulfonamides is 1. The van der Waals surface area contributed by atoms with Crippen LogP contribution >= 0.6 is 11.6 Å². The fourth-order valence-corrected chi connectivity index (χ4v) is 3.22. The van der Waals surface area contributed by atoms with Crippen LogP contribution in [0.3, 0.4) is 0 Å². The topological polar surface area (TPSA) is 153 Å². The van der Waals surface area contributed by atoms with Gasteiger partial charge in [0.25, 0.3) is 0 Å². The van der Waals surface area contributed by atoms with Crippen LogP contribution in [0.1, 0.15) is 5.89 Å². The molecule has 0 radical (unpaired) electrons. The number of hydrogen-bond donors (Lipinski definition) is 3. The Hall–Kier alpha value is -2.92. The van der Waals surface area contributed by atoms with E-state index >= 15 is 0 Å². The van der Waals surface area contributed by atoms with Gasteiger partial charge in [-0.3, -0.25) is 5.21 Å². The zero-order valence-electron chi connectivity index (χ0n) is 14.9. The Morgan fingerprint density at radius 3 is 2.24 bits per heavy atom. The molecule has 1 heterocycles. The third-order valence-electron chi connectivity index (χ3n) is 4.03. The second-order valence-electron chi connectivity index (χ2n) is 6.07. The molecule has 0 bridgehead atoms. The van der Waals surface area contributed by atoms with Crippen molar-refractivity contribution in [2.45, 2.75) is 11.3 Å². The third kappa shape index (κ3) is 4.93. The van der Waals surface area contributed by atoms with Crippen LogP contribution in [0.4, 0.5) is 4.79 Å². The molecular weight excluding hydrogens is 420 g/mol. The van der Waals surface area contributed by atoms with E-state index in [4.69, 9.17) is 26.9 Å². The van der Waals surface area contributed by atoms with Gasteiger partial charge in [-0.2, -0.15) is 0 Å². The van der Waals surface area contributed by atoms with E-state index in [1.165, 1.54) is 12.1 Å². The Labute approximate surface area is 171 Å². The SMILES string of the molecule is NC(=O)N(O)CCc1nc(-c2ccc(Cl)cc2)c(-c2ccc(S(N)(=O)=O)cc2)o1. The van der Waals surface area contributed by atoms with Gasteiger partial charge in [0.15, 0.2) is 11.7 Å². The van der Waals surface area contributed by atoms with Crippen LogP contribution in [0.2, 0.25) is 5.02 Å². The summed E-state index contributed by atoms with van der Waals surface area (Å²) in [5.41, 5.74) is 6.76. The van der Waals surface area contributed by atoms with E-state index in [1.807, 2.05) is 0 Å². The van der Waals surface area contributed by atoms with E-state index < -0.39 is 16.1 Å². The van der Waals surface area contributed by atoms with Crippen molar-refractivity contribution in [1.29, 1.82) is 0 Å². The molecule has 1 aromatic heterocycles. The molecule has 0 saturated carbocycles. The lowest BCUT2D eigenvalue weighted by Gasteiger charge is -2.09. The van der Waals surface area contributed by atoms with Crippen LogP contribution in [0.15, 0.2) is 57.8 Å². The van der Waals surface area contributed by atoms with E-state index in [0.717, 1.165) is 0 Å². The molecule has 0 fully saturated rings. The molecule has 9 nitrogen and oxygen atoms in total. The number of halogens is 1. The Bertz CT molecular complexity index is 1130. The zero-order valence-corrected chi connectivity index (χ0v) is 16.5. The van der Waals surface area contributed by atoms with Crippen molar-refractivity contribution >= 4 is 27.7 Å². The van der Waals surface area contributed by atoms with Crippen LogP contribution in [-0.2, 0) is 16.4 Å². The first-order chi connectivity index (χ1) is 13.6. The fourth-order valence-electron chi connectivity index (χ4n) is 2.58. The predicted octanol–water partition coefficient (Wildman–Crippen LogP) is 2.62. The molecule has 3 aromatic rings. The lowest BCUT2D eigenvalue weighted by molar-refractivity contribution is -0.0392. The number of sulfonamides is 1. The largest absolute Gasteiger partial charge is 0.440 e. The summed E-state index contributed by atoms with van der Waals surface area (Å²) >= 11 is 5.95. The third-order valence-corrected chi connectivity index (χ3v) is 5.21. The Kier molecular flexibility index (Phi) is 5.89. The fraction of sp³-hybridized carbons (Fsp3) is 0.111. The minimum Gasteiger partial charge on any atom is -0.440 e. The molecular formula is C18H17ClN4O5S. The zero-order chi connectivity index (χ0) is 21.2. The second kappa shape index (κ2) is 8.21. The maximum Gasteiger partial charge on any atom is 0.338 e. The van der Waals surface area contributed by atoms with Crippen LogP contribution in [0, 0.1) is 0 Å². The van der Waals surface area contributed by atoms with Crippen molar-refractivity contribution in [3.8, 4) is 22.6 Å². The summed E-state index contributed by atoms with van der Waals surface area (Å²) in [5.74, 6) is 0.632. The van der Waals surface area contributed by atoms with Gasteiger partial charge in [-0.1, -0.05) is 23.7 Å². The van der Waals surface area contributed by atoms with Crippen molar-refractivity contribution in [3.63, 3.8) is 0 Å². The summed E-state index contributed by atoms with van der Waals surface area (Å²) < 4.78 is 28.8. The van der Waals surface area contributed by atoms with Crippen molar-refractivity contribution in [2.24, 2.45) is 10.9 Å². The summed E-state index contributed by atoms with van der Waals surface area (Å²) in [6.45, 7) is -0.111. The van der Waals surface area contributed by atoms with E-state index in [0.29, 0.717) is 32.7 Å². The molecule has 2 aromatic carbocycles. The highest BCUT2D eigenvalue weighted by Crippen LogP contribution is 2.33. The van der Waals surface area contributed by atoms with Gasteiger partial charge in [0.05, 0.1) is 11.4 Å². The van der Waals surface area contributed by atoms with Crippen molar-refractivity contribution in [3.05, 3.63) is 59.4 Å². The predicted molar refractivity (Wildman–Crippen MR) is 106 cm³/mol. The lowest BCUT2D eigenvalue weighted by atomic mass is 10.1. The van der Waals surface area contributed by atoms with E-state index in [1.54, 1.807) is 36.4 Å². The Morgan fingerprint density at radius 2 is 1.69 bits per heavy atom. The number of carbonyl (C=O) groups excluding carboxylic acids is 1. The van der Waals surface area contributed by atoms with E-state index in [-0.39, 0.29) is 23.8 Å². The van der Waals surface area contributed by atoms with Gasteiger partial charge in [-0.15, -0.1) is 0 Å². The van der Waals surface area contributed by atoms with Crippen LogP contribution < -0.4 is 10.9 Å². The van der Waals surface area contributed by atoms with Crippen molar-refractivity contribution in [1.82, 2.24) is 10.0 Å². The maximum atomic E-state index is 11.5. The molecule has 0 aliphatic carbocycles. The molecule has 152 valence electrons. The van der Waals surface area contributed by atoms with Crippen molar-refractivity contribution < 1.29 is 22.8 Å². The molecule has 0 saturated heterocycles. The summed E-state index contributed by atoms with van der Waals surface area (Å²) in [5, 5.41) is 15.5. The van der Waals surface area contributed by atoms with Gasteiger partial charge >= 0.3 is 6.03 Å². The number of nitrogens with two attached hydrogens (primary N) is 2. The average molecular weight is 437 g/mol. The Balaban J connectivity index is 2.01. The number of aromatic nitrogens is 1. The van der Waals surface area contributed by atoms with Crippen LogP contribution in [0.5, 0.6) is 0 Å². The van der Waals surface area contributed by atoms with E-state index in [2.05, 4.69) is 4.98 Å². The molecule has 0 unspecified atom stereocenters. The molecule has 5 N–H and O–H groups in total. The molecule has 3 rings (SSSR count). The molecule has 0 atom stereocenters. The highest BCUT2D eigenvalue weighted by molar-refractivity contribution is 7.89. The molecule has 0 aliphatic rings. The normalized spacial score (nSPS) is 11.4. The number of nitrogens with zero attached hydrogens (tertiary/aromatic N) is 2. The van der Waals surface area contributed by atoms with Gasteiger partial charge in [0.1, 0.15) is 5.69 Å². The first-order valence-corrected chi connectivity index (χ1v) is 10.2. The number of hydroxylamine groups is 2. The first-order valence-electron chi connectivity index (χ1n) is 8.30. The summed E-state index contributed by atoms with van der Waals surface area (Å²) in [4.78, 5) is 15.4. The van der Waals surface area contributed by atoms with Gasteiger partial charge in [-0.05, 0) is 36.4 Å². The number of primary amides is 1. The molecule has 0 spiro atoms. The molecule has 29 heavy (non-hydrogen) atoms. The van der Waals surface area contributed by atoms with Crippen LogP contribution in [0.25, 0.3) is 22.6 Å². The van der Waals surface area contributed by atoms with Gasteiger partial charge in [0.2, 0.25) is 10.0 Å². The van der Waals surface area contributed by atoms with Gasteiger partial charge in [0, 0.05) is 22.6 Å². The Morgan fingerprint density at radius 1 is 1.10 bits per heavy atom.